The molecule has 1 aromatic carbocycles. The molecule has 0 fully saturated rings. The maximum absolute atomic E-state index is 3.58. The van der Waals surface area contributed by atoms with Crippen LogP contribution in [0.15, 0.2) is 12.1 Å². The van der Waals surface area contributed by atoms with E-state index in [1.165, 1.54) is 75.3 Å². The highest BCUT2D eigenvalue weighted by molar-refractivity contribution is 6.84. The summed E-state index contributed by atoms with van der Waals surface area (Å²) in [5, 5.41) is 0. The van der Waals surface area contributed by atoms with Crippen molar-refractivity contribution < 1.29 is 0 Å². The molecule has 0 aliphatic rings. The van der Waals surface area contributed by atoms with Crippen LogP contribution < -0.4 is 0 Å². The molecule has 0 amide bonds. The molecular formula is C30H50Si2. The van der Waals surface area contributed by atoms with Gasteiger partial charge in [0.15, 0.2) is 0 Å². The standard InChI is InChI=1S/C30H50Si2/c1-9-11-13-15-19-27-25-29(21-17-23-31(3,4)5)30(22-18-24-32(6,7)8)26-28(27)20-16-14-12-10-2/h25-26H,9-16,19-22H2,1-8H3. The van der Waals surface area contributed by atoms with Crippen LogP contribution in [0.1, 0.15) is 87.5 Å². The Kier molecular flexibility index (Phi) is 13.3. The van der Waals surface area contributed by atoms with Crippen molar-refractivity contribution >= 4 is 16.1 Å². The number of hydrogen-bond acceptors (Lipinski definition) is 0. The quantitative estimate of drug-likeness (QED) is 0.164. The Labute approximate surface area is 203 Å². The fourth-order valence-corrected chi connectivity index (χ4v) is 5.12. The molecule has 0 radical (unpaired) electrons. The smallest absolute Gasteiger partial charge is 0.129 e. The predicted molar refractivity (Wildman–Crippen MR) is 152 cm³/mol. The van der Waals surface area contributed by atoms with E-state index >= 15 is 0 Å². The molecule has 0 saturated heterocycles. The largest absolute Gasteiger partial charge is 0.132 e. The first-order valence-electron chi connectivity index (χ1n) is 13.2. The SMILES string of the molecule is CCCCCCc1cc(CC#C[Si](C)(C)C)c(CC#C[Si](C)(C)C)cc1CCCCCC. The Morgan fingerprint density at radius 1 is 0.531 bits per heavy atom. The Hall–Kier alpha value is -1.23. The number of hydrogen-bond donors (Lipinski definition) is 0. The van der Waals surface area contributed by atoms with E-state index < -0.39 is 16.1 Å². The summed E-state index contributed by atoms with van der Waals surface area (Å²) in [5.74, 6) is 7.09. The van der Waals surface area contributed by atoms with Crippen LogP contribution in [0.3, 0.4) is 0 Å². The van der Waals surface area contributed by atoms with Gasteiger partial charge in [-0.2, -0.15) is 0 Å². The minimum atomic E-state index is -1.34. The Balaban J connectivity index is 3.25. The molecule has 0 nitrogen and oxygen atoms in total. The minimum Gasteiger partial charge on any atom is -0.132 e. The Morgan fingerprint density at radius 2 is 0.906 bits per heavy atom. The van der Waals surface area contributed by atoms with Gasteiger partial charge in [0.2, 0.25) is 0 Å². The summed E-state index contributed by atoms with van der Waals surface area (Å²) in [6, 6.07) is 5.04. The second kappa shape index (κ2) is 14.8. The monoisotopic (exact) mass is 466 g/mol. The van der Waals surface area contributed by atoms with E-state index in [9.17, 15) is 0 Å². The number of benzene rings is 1. The molecule has 0 bridgehead atoms. The zero-order valence-corrected chi connectivity index (χ0v) is 24.6. The van der Waals surface area contributed by atoms with Crippen LogP contribution in [-0.4, -0.2) is 16.1 Å². The van der Waals surface area contributed by atoms with Gasteiger partial charge < -0.3 is 0 Å². The molecule has 0 aliphatic heterocycles. The highest BCUT2D eigenvalue weighted by Gasteiger charge is 2.12. The van der Waals surface area contributed by atoms with Crippen LogP contribution in [0, 0.1) is 22.9 Å². The molecule has 1 aromatic rings. The predicted octanol–water partition coefficient (Wildman–Crippen LogP) is 8.78. The lowest BCUT2D eigenvalue weighted by Crippen LogP contribution is -2.16. The normalized spacial score (nSPS) is 11.5. The summed E-state index contributed by atoms with van der Waals surface area (Å²) in [5.41, 5.74) is 13.2. The average Bonchev–Trinajstić information content (AvgIpc) is 2.68. The topological polar surface area (TPSA) is 0 Å². The van der Waals surface area contributed by atoms with Gasteiger partial charge >= 0.3 is 0 Å². The van der Waals surface area contributed by atoms with Crippen LogP contribution in [0.25, 0.3) is 0 Å². The van der Waals surface area contributed by atoms with E-state index in [-0.39, 0.29) is 0 Å². The van der Waals surface area contributed by atoms with E-state index in [4.69, 9.17) is 0 Å². The van der Waals surface area contributed by atoms with Gasteiger partial charge in [0.1, 0.15) is 16.1 Å². The third-order valence-corrected chi connectivity index (χ3v) is 7.46. The lowest BCUT2D eigenvalue weighted by molar-refractivity contribution is 0.650. The van der Waals surface area contributed by atoms with Crippen molar-refractivity contribution in [3.63, 3.8) is 0 Å². The van der Waals surface area contributed by atoms with Crippen LogP contribution in [0.4, 0.5) is 0 Å². The van der Waals surface area contributed by atoms with Gasteiger partial charge in [-0.1, -0.05) is 104 Å². The summed E-state index contributed by atoms with van der Waals surface area (Å²) < 4.78 is 0. The minimum absolute atomic E-state index is 0.881. The second-order valence-corrected chi connectivity index (χ2v) is 21.0. The molecule has 0 unspecified atom stereocenters. The van der Waals surface area contributed by atoms with Crippen LogP contribution in [-0.2, 0) is 25.7 Å². The second-order valence-electron chi connectivity index (χ2n) is 11.5. The average molecular weight is 467 g/mol. The third-order valence-electron chi connectivity index (χ3n) is 5.61. The molecular weight excluding hydrogens is 417 g/mol. The molecule has 0 saturated carbocycles. The van der Waals surface area contributed by atoms with Gasteiger partial charge in [0.25, 0.3) is 0 Å². The molecule has 0 atom stereocenters. The molecule has 0 aliphatic carbocycles. The maximum Gasteiger partial charge on any atom is 0.129 e. The van der Waals surface area contributed by atoms with Gasteiger partial charge in [-0.25, -0.2) is 0 Å². The third kappa shape index (κ3) is 13.4. The van der Waals surface area contributed by atoms with E-state index in [0.29, 0.717) is 0 Å². The van der Waals surface area contributed by atoms with E-state index in [0.717, 1.165) is 12.8 Å². The first kappa shape index (κ1) is 28.8. The highest BCUT2D eigenvalue weighted by atomic mass is 28.3. The van der Waals surface area contributed by atoms with Crippen LogP contribution in [0.2, 0.25) is 39.3 Å². The molecule has 0 heterocycles. The molecule has 0 aromatic heterocycles. The van der Waals surface area contributed by atoms with Gasteiger partial charge in [0, 0.05) is 12.8 Å². The maximum atomic E-state index is 3.58. The zero-order valence-electron chi connectivity index (χ0n) is 22.6. The van der Waals surface area contributed by atoms with E-state index in [1.54, 1.807) is 11.1 Å². The fourth-order valence-electron chi connectivity index (χ4n) is 3.88. The summed E-state index contributed by atoms with van der Waals surface area (Å²) in [6.07, 6.45) is 14.8. The summed E-state index contributed by atoms with van der Waals surface area (Å²) in [4.78, 5) is 0. The van der Waals surface area contributed by atoms with Crippen molar-refractivity contribution in [2.24, 2.45) is 0 Å². The summed E-state index contributed by atoms with van der Waals surface area (Å²) in [6.45, 7) is 18.6. The number of rotatable bonds is 12. The molecule has 0 N–H and O–H groups in total. The lowest BCUT2D eigenvalue weighted by Gasteiger charge is -2.16. The van der Waals surface area contributed by atoms with Gasteiger partial charge in [-0.05, 0) is 47.9 Å². The van der Waals surface area contributed by atoms with Gasteiger partial charge in [-0.15, -0.1) is 22.9 Å². The first-order valence-corrected chi connectivity index (χ1v) is 20.2. The molecule has 1 rings (SSSR count). The molecule has 0 spiro atoms. The molecule has 178 valence electrons. The molecule has 32 heavy (non-hydrogen) atoms. The van der Waals surface area contributed by atoms with Crippen LogP contribution in [0.5, 0.6) is 0 Å². The highest BCUT2D eigenvalue weighted by Crippen LogP contribution is 2.23. The fraction of sp³-hybridized carbons (Fsp3) is 0.667. The van der Waals surface area contributed by atoms with Crippen molar-refractivity contribution in [2.45, 2.75) is 130 Å². The van der Waals surface area contributed by atoms with Crippen molar-refractivity contribution in [1.29, 1.82) is 0 Å². The zero-order chi connectivity index (χ0) is 24.0. The van der Waals surface area contributed by atoms with Gasteiger partial charge in [0.05, 0.1) is 0 Å². The Bertz CT molecular complexity index is 729. The number of aryl methyl sites for hydroxylation is 2. The summed E-state index contributed by atoms with van der Waals surface area (Å²) in [7, 11) is -2.68. The summed E-state index contributed by atoms with van der Waals surface area (Å²) >= 11 is 0. The van der Waals surface area contributed by atoms with E-state index in [2.05, 4.69) is 88.2 Å². The van der Waals surface area contributed by atoms with E-state index in [1.807, 2.05) is 0 Å². The Morgan fingerprint density at radius 3 is 1.22 bits per heavy atom. The van der Waals surface area contributed by atoms with Crippen molar-refractivity contribution in [3.05, 3.63) is 34.4 Å². The van der Waals surface area contributed by atoms with Gasteiger partial charge in [-0.3, -0.25) is 0 Å². The first-order chi connectivity index (χ1) is 15.1. The molecule has 2 heteroatoms. The van der Waals surface area contributed by atoms with Crippen molar-refractivity contribution in [3.8, 4) is 22.9 Å². The number of unbranched alkanes of at least 4 members (excludes halogenated alkanes) is 6. The lowest BCUT2D eigenvalue weighted by atomic mass is 9.90. The van der Waals surface area contributed by atoms with Crippen LogP contribution >= 0.6 is 0 Å². The van der Waals surface area contributed by atoms with Crippen molar-refractivity contribution in [1.82, 2.24) is 0 Å². The van der Waals surface area contributed by atoms with Crippen molar-refractivity contribution in [2.75, 3.05) is 0 Å².